The van der Waals surface area contributed by atoms with Crippen molar-refractivity contribution in [2.45, 2.75) is 19.3 Å². The third kappa shape index (κ3) is 6.12. The van der Waals surface area contributed by atoms with Gasteiger partial charge >= 0.3 is 0 Å². The molecule has 0 saturated carbocycles. The van der Waals surface area contributed by atoms with Gasteiger partial charge in [-0.05, 0) is 36.6 Å². The number of hydrogen-bond acceptors (Lipinski definition) is 1. The topological polar surface area (TPSA) is 29.1 Å². The molecule has 3 heteroatoms. The number of halogens is 1. The zero-order valence-corrected chi connectivity index (χ0v) is 10.9. The molecule has 0 heterocycles. The highest BCUT2D eigenvalue weighted by molar-refractivity contribution is 6.30. The fraction of sp³-hybridized carbons (Fsp3) is 0.267. The molecule has 0 saturated heterocycles. The van der Waals surface area contributed by atoms with Gasteiger partial charge in [-0.1, -0.05) is 23.7 Å². The fourth-order valence-corrected chi connectivity index (χ4v) is 1.49. The van der Waals surface area contributed by atoms with Gasteiger partial charge in [-0.15, -0.1) is 12.3 Å². The number of nitrogens with one attached hydrogen (secondary N) is 1. The molecule has 18 heavy (non-hydrogen) atoms. The van der Waals surface area contributed by atoms with Crippen molar-refractivity contribution >= 4 is 23.6 Å². The average molecular weight is 262 g/mol. The summed E-state index contributed by atoms with van der Waals surface area (Å²) in [7, 11) is 0. The first kappa shape index (κ1) is 14.3. The van der Waals surface area contributed by atoms with Crippen LogP contribution in [0.2, 0.25) is 5.02 Å². The minimum atomic E-state index is -0.0920. The van der Waals surface area contributed by atoms with E-state index in [0.717, 1.165) is 24.8 Å². The van der Waals surface area contributed by atoms with Crippen LogP contribution in [-0.4, -0.2) is 12.5 Å². The molecule has 0 radical (unpaired) electrons. The maximum absolute atomic E-state index is 11.5. The fourth-order valence-electron chi connectivity index (χ4n) is 1.37. The van der Waals surface area contributed by atoms with Crippen molar-refractivity contribution in [3.05, 3.63) is 40.9 Å². The summed E-state index contributed by atoms with van der Waals surface area (Å²) in [5, 5.41) is 3.49. The van der Waals surface area contributed by atoms with Crippen LogP contribution in [0.3, 0.4) is 0 Å². The van der Waals surface area contributed by atoms with E-state index in [1.807, 2.05) is 12.1 Å². The highest BCUT2D eigenvalue weighted by Gasteiger charge is 1.94. The lowest BCUT2D eigenvalue weighted by Gasteiger charge is -2.00. The molecular formula is C15H16ClNO. The van der Waals surface area contributed by atoms with Crippen molar-refractivity contribution in [1.29, 1.82) is 0 Å². The van der Waals surface area contributed by atoms with Crippen LogP contribution < -0.4 is 5.32 Å². The summed E-state index contributed by atoms with van der Waals surface area (Å²) < 4.78 is 0. The molecule has 2 nitrogen and oxygen atoms in total. The average Bonchev–Trinajstić information content (AvgIpc) is 2.38. The van der Waals surface area contributed by atoms with E-state index in [-0.39, 0.29) is 5.91 Å². The Kier molecular flexibility index (Phi) is 6.68. The molecule has 1 aromatic rings. The molecule has 0 bridgehead atoms. The van der Waals surface area contributed by atoms with Gasteiger partial charge in [-0.25, -0.2) is 0 Å². The van der Waals surface area contributed by atoms with E-state index in [4.69, 9.17) is 18.0 Å². The van der Waals surface area contributed by atoms with Crippen LogP contribution in [0.25, 0.3) is 6.08 Å². The normalized spacial score (nSPS) is 10.2. The molecule has 94 valence electrons. The van der Waals surface area contributed by atoms with Crippen LogP contribution in [0.5, 0.6) is 0 Å². The van der Waals surface area contributed by atoms with Crippen molar-refractivity contribution in [3.8, 4) is 12.3 Å². The Morgan fingerprint density at radius 1 is 1.33 bits per heavy atom. The van der Waals surface area contributed by atoms with Crippen molar-refractivity contribution in [1.82, 2.24) is 5.32 Å². The first-order chi connectivity index (χ1) is 8.72. The Morgan fingerprint density at radius 2 is 2.06 bits per heavy atom. The van der Waals surface area contributed by atoms with Gasteiger partial charge in [0.2, 0.25) is 5.91 Å². The SMILES string of the molecule is C#CCCCCNC(=O)/C=C/c1ccc(Cl)cc1. The molecule has 0 aromatic heterocycles. The summed E-state index contributed by atoms with van der Waals surface area (Å²) in [5.41, 5.74) is 0.946. The van der Waals surface area contributed by atoms with E-state index in [0.29, 0.717) is 11.6 Å². The van der Waals surface area contributed by atoms with Crippen molar-refractivity contribution in [2.75, 3.05) is 6.54 Å². The number of benzene rings is 1. The molecule has 0 spiro atoms. The third-order valence-electron chi connectivity index (χ3n) is 2.34. The maximum atomic E-state index is 11.5. The van der Waals surface area contributed by atoms with Crippen LogP contribution in [-0.2, 0) is 4.79 Å². The molecular weight excluding hydrogens is 246 g/mol. The van der Waals surface area contributed by atoms with Crippen LogP contribution in [0.15, 0.2) is 30.3 Å². The lowest BCUT2D eigenvalue weighted by molar-refractivity contribution is -0.116. The lowest BCUT2D eigenvalue weighted by Crippen LogP contribution is -2.21. The highest BCUT2D eigenvalue weighted by Crippen LogP contribution is 2.10. The van der Waals surface area contributed by atoms with Gasteiger partial charge in [0.1, 0.15) is 0 Å². The van der Waals surface area contributed by atoms with Crippen molar-refractivity contribution in [2.24, 2.45) is 0 Å². The Morgan fingerprint density at radius 3 is 2.72 bits per heavy atom. The number of hydrogen-bond donors (Lipinski definition) is 1. The van der Waals surface area contributed by atoms with Gasteiger partial charge in [0, 0.05) is 24.1 Å². The van der Waals surface area contributed by atoms with Gasteiger partial charge in [-0.2, -0.15) is 0 Å². The van der Waals surface area contributed by atoms with Crippen LogP contribution in [0, 0.1) is 12.3 Å². The first-order valence-corrected chi connectivity index (χ1v) is 6.25. The standard InChI is InChI=1S/C15H16ClNO/c1-2-3-4-5-12-17-15(18)11-8-13-6-9-14(16)10-7-13/h1,6-11H,3-5,12H2,(H,17,18)/b11-8+. The summed E-state index contributed by atoms with van der Waals surface area (Å²) in [6.07, 6.45) is 11.0. The molecule has 0 aliphatic heterocycles. The number of carbonyl (C=O) groups is 1. The molecule has 0 atom stereocenters. The van der Waals surface area contributed by atoms with Crippen LogP contribution >= 0.6 is 11.6 Å². The summed E-state index contributed by atoms with van der Waals surface area (Å²) in [6.45, 7) is 0.658. The maximum Gasteiger partial charge on any atom is 0.243 e. The second kappa shape index (κ2) is 8.38. The molecule has 0 unspecified atom stereocenters. The minimum Gasteiger partial charge on any atom is -0.353 e. The molecule has 0 fully saturated rings. The quantitative estimate of drug-likeness (QED) is 0.475. The van der Waals surface area contributed by atoms with Crippen LogP contribution in [0.4, 0.5) is 0 Å². The molecule has 0 aliphatic carbocycles. The predicted octanol–water partition coefficient (Wildman–Crippen LogP) is 3.27. The zero-order valence-electron chi connectivity index (χ0n) is 10.2. The molecule has 0 aliphatic rings. The number of amides is 1. The largest absolute Gasteiger partial charge is 0.353 e. The Hall–Kier alpha value is -1.72. The smallest absolute Gasteiger partial charge is 0.243 e. The van der Waals surface area contributed by atoms with E-state index in [1.165, 1.54) is 6.08 Å². The number of carbonyl (C=O) groups excluding carboxylic acids is 1. The second-order valence-corrected chi connectivity index (χ2v) is 4.27. The highest BCUT2D eigenvalue weighted by atomic mass is 35.5. The zero-order chi connectivity index (χ0) is 13.2. The molecule has 1 amide bonds. The number of terminal acetylenes is 1. The number of rotatable bonds is 6. The van der Waals surface area contributed by atoms with Gasteiger partial charge in [0.15, 0.2) is 0 Å². The summed E-state index contributed by atoms with van der Waals surface area (Å²) in [6, 6.07) is 7.30. The van der Waals surface area contributed by atoms with Crippen molar-refractivity contribution < 1.29 is 4.79 Å². The Labute approximate surface area is 113 Å². The second-order valence-electron chi connectivity index (χ2n) is 3.84. The van der Waals surface area contributed by atoms with Crippen molar-refractivity contribution in [3.63, 3.8) is 0 Å². The Bertz CT molecular complexity index is 443. The molecule has 1 rings (SSSR count). The van der Waals surface area contributed by atoms with Gasteiger partial charge in [0.25, 0.3) is 0 Å². The Balaban J connectivity index is 2.27. The summed E-state index contributed by atoms with van der Waals surface area (Å²) >= 11 is 5.77. The third-order valence-corrected chi connectivity index (χ3v) is 2.60. The van der Waals surface area contributed by atoms with Gasteiger partial charge in [0.05, 0.1) is 0 Å². The van der Waals surface area contributed by atoms with Gasteiger partial charge in [-0.3, -0.25) is 4.79 Å². The minimum absolute atomic E-state index is 0.0920. The van der Waals surface area contributed by atoms with E-state index >= 15 is 0 Å². The summed E-state index contributed by atoms with van der Waals surface area (Å²) in [4.78, 5) is 11.5. The van der Waals surface area contributed by atoms with Gasteiger partial charge < -0.3 is 5.32 Å². The monoisotopic (exact) mass is 261 g/mol. The molecule has 1 N–H and O–H groups in total. The predicted molar refractivity (Wildman–Crippen MR) is 76.2 cm³/mol. The lowest BCUT2D eigenvalue weighted by atomic mass is 10.2. The van der Waals surface area contributed by atoms with E-state index in [2.05, 4.69) is 11.2 Å². The van der Waals surface area contributed by atoms with E-state index < -0.39 is 0 Å². The number of unbranched alkanes of at least 4 members (excludes halogenated alkanes) is 2. The van der Waals surface area contributed by atoms with Crippen LogP contribution in [0.1, 0.15) is 24.8 Å². The molecule has 1 aromatic carbocycles. The van der Waals surface area contributed by atoms with E-state index in [1.54, 1.807) is 18.2 Å². The first-order valence-electron chi connectivity index (χ1n) is 5.87. The summed E-state index contributed by atoms with van der Waals surface area (Å²) in [5.74, 6) is 2.48. The van der Waals surface area contributed by atoms with E-state index in [9.17, 15) is 4.79 Å².